The first-order valence-corrected chi connectivity index (χ1v) is 7.54. The van der Waals surface area contributed by atoms with Gasteiger partial charge in [-0.25, -0.2) is 0 Å². The third-order valence-corrected chi connectivity index (χ3v) is 2.96. The van der Waals surface area contributed by atoms with Crippen molar-refractivity contribution < 1.29 is 9.47 Å². The molecule has 0 aromatic carbocycles. The van der Waals surface area contributed by atoms with Crippen molar-refractivity contribution in [1.82, 2.24) is 5.32 Å². The number of nitrogens with one attached hydrogen (secondary N) is 1. The molecular weight excluding hydrogens is 226 g/mol. The molecule has 3 heteroatoms. The summed E-state index contributed by atoms with van der Waals surface area (Å²) in [6, 6.07) is 0. The standard InChI is InChI=1S/C15H33NO2/c1-15(2)9-6-4-5-7-10-16-11-8-12-18-14-13-17-3/h15-16H,4-14H2,1-3H3. The molecule has 0 heterocycles. The van der Waals surface area contributed by atoms with Gasteiger partial charge in [-0.15, -0.1) is 0 Å². The highest BCUT2D eigenvalue weighted by Gasteiger charge is 1.94. The van der Waals surface area contributed by atoms with Crippen LogP contribution in [-0.2, 0) is 9.47 Å². The average Bonchev–Trinajstić information content (AvgIpc) is 2.34. The summed E-state index contributed by atoms with van der Waals surface area (Å²) in [4.78, 5) is 0. The van der Waals surface area contributed by atoms with Gasteiger partial charge in [0.2, 0.25) is 0 Å². The lowest BCUT2D eigenvalue weighted by molar-refractivity contribution is 0.0695. The molecule has 0 saturated heterocycles. The third-order valence-electron chi connectivity index (χ3n) is 2.96. The Morgan fingerprint density at radius 2 is 1.56 bits per heavy atom. The van der Waals surface area contributed by atoms with Crippen LogP contribution >= 0.6 is 0 Å². The molecule has 0 atom stereocenters. The van der Waals surface area contributed by atoms with Crippen LogP contribution in [0.2, 0.25) is 0 Å². The summed E-state index contributed by atoms with van der Waals surface area (Å²) >= 11 is 0. The average molecular weight is 259 g/mol. The number of methoxy groups -OCH3 is 1. The van der Waals surface area contributed by atoms with E-state index in [-0.39, 0.29) is 0 Å². The van der Waals surface area contributed by atoms with Gasteiger partial charge in [0.05, 0.1) is 13.2 Å². The van der Waals surface area contributed by atoms with Crippen molar-refractivity contribution >= 4 is 0 Å². The highest BCUT2D eigenvalue weighted by molar-refractivity contribution is 4.51. The summed E-state index contributed by atoms with van der Waals surface area (Å²) in [5, 5.41) is 3.46. The van der Waals surface area contributed by atoms with E-state index in [0.29, 0.717) is 13.2 Å². The molecule has 3 nitrogen and oxygen atoms in total. The van der Waals surface area contributed by atoms with Crippen LogP contribution in [0.5, 0.6) is 0 Å². The minimum Gasteiger partial charge on any atom is -0.382 e. The van der Waals surface area contributed by atoms with Gasteiger partial charge in [0, 0.05) is 13.7 Å². The maximum absolute atomic E-state index is 5.39. The van der Waals surface area contributed by atoms with Gasteiger partial charge in [-0.05, 0) is 31.8 Å². The quantitative estimate of drug-likeness (QED) is 0.486. The molecule has 0 aliphatic rings. The molecule has 18 heavy (non-hydrogen) atoms. The van der Waals surface area contributed by atoms with E-state index in [1.54, 1.807) is 7.11 Å². The van der Waals surface area contributed by atoms with Crippen molar-refractivity contribution in [3.8, 4) is 0 Å². The van der Waals surface area contributed by atoms with Crippen LogP contribution < -0.4 is 5.32 Å². The zero-order chi connectivity index (χ0) is 13.5. The predicted molar refractivity (Wildman–Crippen MR) is 78.1 cm³/mol. The Kier molecular flexibility index (Phi) is 14.8. The fourth-order valence-electron chi connectivity index (χ4n) is 1.82. The van der Waals surface area contributed by atoms with Gasteiger partial charge in [-0.2, -0.15) is 0 Å². The van der Waals surface area contributed by atoms with Gasteiger partial charge < -0.3 is 14.8 Å². The monoisotopic (exact) mass is 259 g/mol. The summed E-state index contributed by atoms with van der Waals surface area (Å²) in [5.74, 6) is 0.862. The fraction of sp³-hybridized carbons (Fsp3) is 1.00. The van der Waals surface area contributed by atoms with E-state index in [1.165, 1.54) is 32.1 Å². The second kappa shape index (κ2) is 14.9. The fourth-order valence-corrected chi connectivity index (χ4v) is 1.82. The maximum Gasteiger partial charge on any atom is 0.0700 e. The van der Waals surface area contributed by atoms with Crippen molar-refractivity contribution in [2.45, 2.75) is 52.4 Å². The van der Waals surface area contributed by atoms with Gasteiger partial charge in [0.25, 0.3) is 0 Å². The Labute approximate surface area is 114 Å². The summed E-state index contributed by atoms with van der Waals surface area (Å²) in [7, 11) is 1.70. The topological polar surface area (TPSA) is 30.5 Å². The van der Waals surface area contributed by atoms with Gasteiger partial charge in [0.1, 0.15) is 0 Å². The van der Waals surface area contributed by atoms with Crippen molar-refractivity contribution in [3.63, 3.8) is 0 Å². The van der Waals surface area contributed by atoms with Crippen LogP contribution in [0.4, 0.5) is 0 Å². The van der Waals surface area contributed by atoms with Crippen LogP contribution in [0.15, 0.2) is 0 Å². The lowest BCUT2D eigenvalue weighted by Gasteiger charge is -2.06. The smallest absolute Gasteiger partial charge is 0.0700 e. The van der Waals surface area contributed by atoms with Crippen molar-refractivity contribution in [1.29, 1.82) is 0 Å². The Hall–Kier alpha value is -0.120. The zero-order valence-corrected chi connectivity index (χ0v) is 12.7. The second-order valence-corrected chi connectivity index (χ2v) is 5.31. The van der Waals surface area contributed by atoms with E-state index >= 15 is 0 Å². The van der Waals surface area contributed by atoms with Crippen LogP contribution in [0.1, 0.15) is 52.4 Å². The zero-order valence-electron chi connectivity index (χ0n) is 12.7. The van der Waals surface area contributed by atoms with Gasteiger partial charge >= 0.3 is 0 Å². The number of unbranched alkanes of at least 4 members (excludes halogenated alkanes) is 3. The number of ether oxygens (including phenoxy) is 2. The van der Waals surface area contributed by atoms with E-state index < -0.39 is 0 Å². The Bertz CT molecular complexity index is 151. The molecule has 0 spiro atoms. The first kappa shape index (κ1) is 17.9. The highest BCUT2D eigenvalue weighted by atomic mass is 16.5. The van der Waals surface area contributed by atoms with E-state index in [9.17, 15) is 0 Å². The summed E-state index contributed by atoms with van der Waals surface area (Å²) in [6.07, 6.45) is 7.93. The Balaban J connectivity index is 2.90. The molecular formula is C15H33NO2. The highest BCUT2D eigenvalue weighted by Crippen LogP contribution is 2.08. The molecule has 0 bridgehead atoms. The normalized spacial score (nSPS) is 11.3. The summed E-state index contributed by atoms with van der Waals surface area (Å²) in [6.45, 7) is 9.08. The van der Waals surface area contributed by atoms with Gasteiger partial charge in [-0.1, -0.05) is 39.5 Å². The molecule has 0 aromatic rings. The van der Waals surface area contributed by atoms with E-state index in [0.717, 1.165) is 32.0 Å². The first-order chi connectivity index (χ1) is 8.77. The van der Waals surface area contributed by atoms with Crippen LogP contribution in [0.3, 0.4) is 0 Å². The molecule has 0 aromatic heterocycles. The molecule has 0 saturated carbocycles. The Morgan fingerprint density at radius 3 is 2.28 bits per heavy atom. The lowest BCUT2D eigenvalue weighted by Crippen LogP contribution is -2.18. The lowest BCUT2D eigenvalue weighted by atomic mass is 10.0. The minimum atomic E-state index is 0.698. The molecule has 0 fully saturated rings. The number of rotatable bonds is 14. The maximum atomic E-state index is 5.39. The largest absolute Gasteiger partial charge is 0.382 e. The molecule has 1 N–H and O–H groups in total. The predicted octanol–water partition coefficient (Wildman–Crippen LogP) is 3.24. The molecule has 0 aliphatic carbocycles. The van der Waals surface area contributed by atoms with Crippen molar-refractivity contribution in [2.24, 2.45) is 5.92 Å². The van der Waals surface area contributed by atoms with Gasteiger partial charge in [0.15, 0.2) is 0 Å². The van der Waals surface area contributed by atoms with Crippen molar-refractivity contribution in [3.05, 3.63) is 0 Å². The Morgan fingerprint density at radius 1 is 0.833 bits per heavy atom. The van der Waals surface area contributed by atoms with Crippen LogP contribution in [-0.4, -0.2) is 40.0 Å². The molecule has 110 valence electrons. The SMILES string of the molecule is COCCOCCCNCCCCCCC(C)C. The number of hydrogen-bond donors (Lipinski definition) is 1. The van der Waals surface area contributed by atoms with E-state index in [1.807, 2.05) is 0 Å². The van der Waals surface area contributed by atoms with Crippen LogP contribution in [0.25, 0.3) is 0 Å². The molecule has 0 unspecified atom stereocenters. The molecule has 0 amide bonds. The van der Waals surface area contributed by atoms with E-state index in [2.05, 4.69) is 19.2 Å². The first-order valence-electron chi connectivity index (χ1n) is 7.54. The third kappa shape index (κ3) is 15.9. The molecule has 0 radical (unpaired) electrons. The number of hydrogen-bond acceptors (Lipinski definition) is 3. The van der Waals surface area contributed by atoms with Crippen molar-refractivity contribution in [2.75, 3.05) is 40.0 Å². The molecule has 0 rings (SSSR count). The van der Waals surface area contributed by atoms with Gasteiger partial charge in [-0.3, -0.25) is 0 Å². The summed E-state index contributed by atoms with van der Waals surface area (Å²) in [5.41, 5.74) is 0. The summed E-state index contributed by atoms with van der Waals surface area (Å²) < 4.78 is 10.3. The molecule has 0 aliphatic heterocycles. The second-order valence-electron chi connectivity index (χ2n) is 5.31. The van der Waals surface area contributed by atoms with Crippen LogP contribution in [0, 0.1) is 5.92 Å². The van der Waals surface area contributed by atoms with E-state index in [4.69, 9.17) is 9.47 Å². The minimum absolute atomic E-state index is 0.698.